The van der Waals surface area contributed by atoms with E-state index < -0.39 is 30.8 Å². The van der Waals surface area contributed by atoms with Crippen LogP contribution in [0.4, 0.5) is 35.0 Å². The molecule has 0 spiro atoms. The van der Waals surface area contributed by atoms with Gasteiger partial charge in [0.15, 0.2) is 0 Å². The minimum Gasteiger partial charge on any atom is -0.369 e. The summed E-state index contributed by atoms with van der Waals surface area (Å²) in [6.07, 6.45) is -1.41. The average molecular weight is 557 g/mol. The fourth-order valence-corrected chi connectivity index (χ4v) is 5.71. The molecule has 1 aliphatic carbocycles. The molecule has 0 aromatic heterocycles. The zero-order chi connectivity index (χ0) is 28.3. The van der Waals surface area contributed by atoms with Gasteiger partial charge in [-0.2, -0.15) is 13.2 Å². The molecule has 1 saturated heterocycles. The summed E-state index contributed by atoms with van der Waals surface area (Å²) in [6, 6.07) is 13.2. The lowest BCUT2D eigenvalue weighted by molar-refractivity contribution is -0.133. The van der Waals surface area contributed by atoms with Crippen LogP contribution in [-0.4, -0.2) is 74.7 Å². The molecule has 1 atom stereocenters. The Bertz CT molecular complexity index is 1240. The summed E-state index contributed by atoms with van der Waals surface area (Å²) < 4.78 is 40.9. The number of anilines is 3. The molecule has 0 radical (unpaired) electrons. The fourth-order valence-electron chi connectivity index (χ4n) is 5.71. The maximum atomic E-state index is 13.6. The number of hydrogen-bond acceptors (Lipinski definition) is 5. The van der Waals surface area contributed by atoms with Crippen molar-refractivity contribution in [2.24, 2.45) is 10.9 Å². The Morgan fingerprint density at radius 3 is 2.33 bits per heavy atom. The highest BCUT2D eigenvalue weighted by Crippen LogP contribution is 2.35. The van der Waals surface area contributed by atoms with Crippen molar-refractivity contribution in [3.63, 3.8) is 0 Å². The second kappa shape index (κ2) is 11.9. The number of piperazine rings is 1. The van der Waals surface area contributed by atoms with Crippen LogP contribution in [0.5, 0.6) is 0 Å². The second-order valence-electron chi connectivity index (χ2n) is 10.7. The molecule has 2 heterocycles. The lowest BCUT2D eigenvalue weighted by Gasteiger charge is -2.34. The maximum absolute atomic E-state index is 13.6. The number of halogens is 3. The Balaban J connectivity index is 1.37. The van der Waals surface area contributed by atoms with Crippen LogP contribution in [0.15, 0.2) is 53.5 Å². The smallest absolute Gasteiger partial charge is 0.369 e. The molecule has 214 valence electrons. The first kappa shape index (κ1) is 27.9. The third-order valence-corrected chi connectivity index (χ3v) is 7.83. The number of alkyl halides is 3. The van der Waals surface area contributed by atoms with E-state index in [4.69, 9.17) is 0 Å². The summed E-state index contributed by atoms with van der Waals surface area (Å²) in [5, 5.41) is 5.25. The summed E-state index contributed by atoms with van der Waals surface area (Å²) in [4.78, 5) is 36.4. The number of benzene rings is 2. The Labute approximate surface area is 232 Å². The molecule has 1 saturated carbocycles. The van der Waals surface area contributed by atoms with Gasteiger partial charge in [0.25, 0.3) is 5.91 Å². The van der Waals surface area contributed by atoms with E-state index in [1.54, 1.807) is 30.3 Å². The molecular weight excluding hydrogens is 521 g/mol. The minimum atomic E-state index is -4.63. The molecule has 2 N–H and O–H groups in total. The summed E-state index contributed by atoms with van der Waals surface area (Å²) in [6.45, 7) is 2.29. The third-order valence-electron chi connectivity index (χ3n) is 7.83. The van der Waals surface area contributed by atoms with Crippen LogP contribution < -0.4 is 20.4 Å². The predicted octanol–water partition coefficient (Wildman–Crippen LogP) is 4.86. The van der Waals surface area contributed by atoms with Gasteiger partial charge in [-0.1, -0.05) is 37.5 Å². The molecule has 3 aliphatic rings. The van der Waals surface area contributed by atoms with Crippen molar-refractivity contribution in [2.45, 2.75) is 44.4 Å². The van der Waals surface area contributed by atoms with Crippen molar-refractivity contribution >= 4 is 34.7 Å². The number of rotatable bonds is 5. The van der Waals surface area contributed by atoms with Crippen molar-refractivity contribution in [3.05, 3.63) is 54.1 Å². The summed E-state index contributed by atoms with van der Waals surface area (Å²) >= 11 is 0. The zero-order valence-corrected chi connectivity index (χ0v) is 22.6. The number of benzodiazepines with no additional fused rings is 1. The quantitative estimate of drug-likeness (QED) is 0.551. The van der Waals surface area contributed by atoms with Gasteiger partial charge in [0.2, 0.25) is 6.17 Å². The molecule has 2 fully saturated rings. The van der Waals surface area contributed by atoms with E-state index in [0.29, 0.717) is 21.9 Å². The molecule has 2 aromatic rings. The van der Waals surface area contributed by atoms with E-state index in [9.17, 15) is 22.8 Å². The number of para-hydroxylation sites is 1. The highest BCUT2D eigenvalue weighted by atomic mass is 19.4. The first-order valence-electron chi connectivity index (χ1n) is 13.8. The van der Waals surface area contributed by atoms with Crippen LogP contribution in [0, 0.1) is 5.92 Å². The van der Waals surface area contributed by atoms with Crippen LogP contribution in [0.3, 0.4) is 0 Å². The third kappa shape index (κ3) is 6.57. The molecular formula is C29H35F3N6O2. The van der Waals surface area contributed by atoms with Crippen LogP contribution in [-0.2, 0) is 4.79 Å². The molecule has 8 nitrogen and oxygen atoms in total. The number of nitrogens with one attached hydrogen (secondary N) is 2. The number of amides is 3. The monoisotopic (exact) mass is 556 g/mol. The zero-order valence-electron chi connectivity index (χ0n) is 22.6. The molecule has 11 heteroatoms. The van der Waals surface area contributed by atoms with E-state index in [0.717, 1.165) is 64.0 Å². The van der Waals surface area contributed by atoms with Crippen LogP contribution in [0.25, 0.3) is 0 Å². The van der Waals surface area contributed by atoms with Crippen LogP contribution >= 0.6 is 0 Å². The molecule has 2 aliphatic heterocycles. The first-order chi connectivity index (χ1) is 19.2. The van der Waals surface area contributed by atoms with Crippen LogP contribution in [0.1, 0.15) is 37.7 Å². The van der Waals surface area contributed by atoms with Crippen molar-refractivity contribution in [3.8, 4) is 0 Å². The fraction of sp³-hybridized carbons (Fsp3) is 0.483. The second-order valence-corrected chi connectivity index (χ2v) is 10.7. The summed E-state index contributed by atoms with van der Waals surface area (Å²) in [7, 11) is 2.09. The number of urea groups is 1. The number of nitrogens with zero attached hydrogens (tertiary/aromatic N) is 4. The number of hydrogen-bond donors (Lipinski definition) is 2. The van der Waals surface area contributed by atoms with Crippen molar-refractivity contribution < 1.29 is 22.8 Å². The summed E-state index contributed by atoms with van der Waals surface area (Å²) in [5.74, 6) is -0.917. The maximum Gasteiger partial charge on any atom is 0.406 e. The summed E-state index contributed by atoms with van der Waals surface area (Å²) in [5.41, 5.74) is 2.80. The molecule has 2 aromatic carbocycles. The van der Waals surface area contributed by atoms with E-state index >= 15 is 0 Å². The number of carbonyl (C=O) groups excluding carboxylic acids is 2. The minimum absolute atomic E-state index is 0.00279. The SMILES string of the molecule is CN1CCN(c2ccc(NC(=O)NC3N=C(C4CCCCC4)c4ccccc4N(CC(F)(F)F)C3=O)cc2)CC1. The van der Waals surface area contributed by atoms with Gasteiger partial charge in [-0.3, -0.25) is 14.7 Å². The number of fused-ring (bicyclic) bond motifs is 1. The normalized spacial score (nSPS) is 20.9. The Hall–Kier alpha value is -3.60. The van der Waals surface area contributed by atoms with Gasteiger partial charge in [0.05, 0.1) is 11.4 Å². The Morgan fingerprint density at radius 1 is 0.975 bits per heavy atom. The van der Waals surface area contributed by atoms with Gasteiger partial charge < -0.3 is 20.4 Å². The number of likely N-dealkylation sites (N-methyl/N-ethyl adjacent to an activating group) is 1. The molecule has 40 heavy (non-hydrogen) atoms. The lowest BCUT2D eigenvalue weighted by atomic mass is 9.83. The molecule has 0 bridgehead atoms. The molecule has 3 amide bonds. The van der Waals surface area contributed by atoms with E-state index in [1.165, 1.54) is 6.07 Å². The van der Waals surface area contributed by atoms with E-state index in [-0.39, 0.29) is 11.6 Å². The van der Waals surface area contributed by atoms with Gasteiger partial charge in [0.1, 0.15) is 6.54 Å². The van der Waals surface area contributed by atoms with Gasteiger partial charge in [-0.25, -0.2) is 4.79 Å². The van der Waals surface area contributed by atoms with Crippen LogP contribution in [0.2, 0.25) is 0 Å². The van der Waals surface area contributed by atoms with E-state index in [2.05, 4.69) is 32.5 Å². The predicted molar refractivity (Wildman–Crippen MR) is 150 cm³/mol. The standard InChI is InChI=1S/C29H35F3N6O2/c1-36-15-17-37(18-16-36)22-13-11-21(12-14-22)33-28(40)35-26-27(39)38(19-29(30,31)32)24-10-6-5-9-23(24)25(34-26)20-7-3-2-4-8-20/h5-6,9-14,20,26H,2-4,7-8,15-19H2,1H3,(H2,33,35,40). The Morgan fingerprint density at radius 2 is 1.65 bits per heavy atom. The average Bonchev–Trinajstić information content (AvgIpc) is 3.04. The lowest BCUT2D eigenvalue weighted by Crippen LogP contribution is -2.50. The molecule has 5 rings (SSSR count). The van der Waals surface area contributed by atoms with Crippen molar-refractivity contribution in [1.29, 1.82) is 0 Å². The topological polar surface area (TPSA) is 80.3 Å². The molecule has 1 unspecified atom stereocenters. The Kier molecular flexibility index (Phi) is 8.30. The van der Waals surface area contributed by atoms with E-state index in [1.807, 2.05) is 12.1 Å². The first-order valence-corrected chi connectivity index (χ1v) is 13.8. The van der Waals surface area contributed by atoms with Gasteiger partial charge >= 0.3 is 12.2 Å². The highest BCUT2D eigenvalue weighted by molar-refractivity contribution is 6.14. The highest BCUT2D eigenvalue weighted by Gasteiger charge is 2.40. The van der Waals surface area contributed by atoms with Gasteiger partial charge in [-0.15, -0.1) is 0 Å². The van der Waals surface area contributed by atoms with Gasteiger partial charge in [0, 0.05) is 49.0 Å². The van der Waals surface area contributed by atoms with Gasteiger partial charge in [-0.05, 0) is 50.2 Å². The number of carbonyl (C=O) groups is 2. The van der Waals surface area contributed by atoms with Crippen molar-refractivity contribution in [1.82, 2.24) is 10.2 Å². The number of aliphatic imine (C=N–C) groups is 1. The van der Waals surface area contributed by atoms with Crippen molar-refractivity contribution in [2.75, 3.05) is 54.9 Å². The largest absolute Gasteiger partial charge is 0.406 e.